The van der Waals surface area contributed by atoms with Crippen molar-refractivity contribution in [2.24, 2.45) is 11.8 Å². The van der Waals surface area contributed by atoms with Crippen LogP contribution in [-0.4, -0.2) is 6.54 Å². The van der Waals surface area contributed by atoms with Crippen LogP contribution in [0.5, 0.6) is 0 Å². The van der Waals surface area contributed by atoms with Crippen LogP contribution in [0.15, 0.2) is 42.5 Å². The molecule has 1 N–H and O–H groups in total. The fourth-order valence-corrected chi connectivity index (χ4v) is 3.17. The normalized spacial score (nSPS) is 23.4. The van der Waals surface area contributed by atoms with Crippen molar-refractivity contribution < 1.29 is 0 Å². The molecule has 1 saturated carbocycles. The quantitative estimate of drug-likeness (QED) is 0.804. The summed E-state index contributed by atoms with van der Waals surface area (Å²) in [6.45, 7) is 3.51. The van der Waals surface area contributed by atoms with Gasteiger partial charge in [0.05, 0.1) is 0 Å². The lowest BCUT2D eigenvalue weighted by atomic mass is 9.83. The summed E-state index contributed by atoms with van der Waals surface area (Å²) in [4.78, 5) is 0. The molecule has 2 aromatic rings. The number of hydrogen-bond acceptors (Lipinski definition) is 1. The van der Waals surface area contributed by atoms with Gasteiger partial charge in [-0.15, -0.1) is 0 Å². The maximum atomic E-state index is 3.67. The van der Waals surface area contributed by atoms with Gasteiger partial charge in [-0.2, -0.15) is 0 Å². The van der Waals surface area contributed by atoms with Gasteiger partial charge in [-0.05, 0) is 36.1 Å². The van der Waals surface area contributed by atoms with E-state index in [0.717, 1.165) is 18.4 Å². The molecule has 0 unspecified atom stereocenters. The van der Waals surface area contributed by atoms with Crippen molar-refractivity contribution in [2.45, 2.75) is 32.6 Å². The van der Waals surface area contributed by atoms with Crippen LogP contribution in [0, 0.1) is 11.8 Å². The van der Waals surface area contributed by atoms with Gasteiger partial charge in [0.15, 0.2) is 0 Å². The maximum absolute atomic E-state index is 3.67. The Balaban J connectivity index is 1.68. The molecule has 2 aromatic carbocycles. The van der Waals surface area contributed by atoms with E-state index < -0.39 is 0 Å². The largest absolute Gasteiger partial charge is 0.384 e. The van der Waals surface area contributed by atoms with Gasteiger partial charge >= 0.3 is 0 Å². The highest BCUT2D eigenvalue weighted by atomic mass is 14.9. The predicted octanol–water partition coefficient (Wildman–Crippen LogP) is 5.08. The van der Waals surface area contributed by atoms with Crippen LogP contribution in [0.2, 0.25) is 0 Å². The first kappa shape index (κ1) is 12.5. The summed E-state index contributed by atoms with van der Waals surface area (Å²) in [5.74, 6) is 1.80. The molecule has 1 nitrogen and oxygen atoms in total. The average molecular weight is 253 g/mol. The molecule has 0 atom stereocenters. The van der Waals surface area contributed by atoms with E-state index in [1.165, 1.54) is 42.1 Å². The summed E-state index contributed by atoms with van der Waals surface area (Å²) < 4.78 is 0. The molecule has 3 rings (SSSR count). The first-order chi connectivity index (χ1) is 9.33. The van der Waals surface area contributed by atoms with Gasteiger partial charge in [-0.1, -0.05) is 56.2 Å². The molecule has 0 amide bonds. The van der Waals surface area contributed by atoms with Crippen LogP contribution in [0.25, 0.3) is 10.8 Å². The van der Waals surface area contributed by atoms with Crippen molar-refractivity contribution in [1.82, 2.24) is 0 Å². The zero-order chi connectivity index (χ0) is 13.1. The fourth-order valence-electron chi connectivity index (χ4n) is 3.17. The number of anilines is 1. The smallest absolute Gasteiger partial charge is 0.0419 e. The van der Waals surface area contributed by atoms with Crippen molar-refractivity contribution >= 4 is 16.5 Å². The Morgan fingerprint density at radius 3 is 2.53 bits per heavy atom. The zero-order valence-corrected chi connectivity index (χ0v) is 11.7. The number of fused-ring (bicyclic) bond motifs is 1. The molecular formula is C18H23N. The first-order valence-corrected chi connectivity index (χ1v) is 7.54. The maximum Gasteiger partial charge on any atom is 0.0419 e. The lowest BCUT2D eigenvalue weighted by Crippen LogP contribution is -2.20. The third-order valence-electron chi connectivity index (χ3n) is 4.51. The monoisotopic (exact) mass is 253 g/mol. The molecule has 1 aliphatic rings. The minimum atomic E-state index is 0.857. The van der Waals surface area contributed by atoms with Gasteiger partial charge in [-0.3, -0.25) is 0 Å². The zero-order valence-electron chi connectivity index (χ0n) is 11.7. The summed E-state index contributed by atoms with van der Waals surface area (Å²) in [5, 5.41) is 6.34. The number of benzene rings is 2. The summed E-state index contributed by atoms with van der Waals surface area (Å²) >= 11 is 0. The van der Waals surface area contributed by atoms with Crippen LogP contribution in [0.4, 0.5) is 5.69 Å². The first-order valence-electron chi connectivity index (χ1n) is 7.54. The molecule has 1 fully saturated rings. The summed E-state index contributed by atoms with van der Waals surface area (Å²) in [5.41, 5.74) is 1.29. The lowest BCUT2D eigenvalue weighted by Gasteiger charge is -2.26. The van der Waals surface area contributed by atoms with Crippen LogP contribution in [0.3, 0.4) is 0 Å². The summed E-state index contributed by atoms with van der Waals surface area (Å²) in [6, 6.07) is 15.2. The van der Waals surface area contributed by atoms with E-state index in [1.807, 2.05) is 0 Å². The Bertz CT molecular complexity index is 533. The molecule has 0 heterocycles. The van der Waals surface area contributed by atoms with Gasteiger partial charge < -0.3 is 5.32 Å². The van der Waals surface area contributed by atoms with Crippen molar-refractivity contribution in [3.63, 3.8) is 0 Å². The van der Waals surface area contributed by atoms with Gasteiger partial charge in [-0.25, -0.2) is 0 Å². The number of nitrogens with one attached hydrogen (secondary N) is 1. The minimum absolute atomic E-state index is 0.857. The third-order valence-corrected chi connectivity index (χ3v) is 4.51. The molecule has 0 aromatic heterocycles. The Morgan fingerprint density at radius 2 is 1.68 bits per heavy atom. The van der Waals surface area contributed by atoms with E-state index >= 15 is 0 Å². The van der Waals surface area contributed by atoms with Gasteiger partial charge in [0, 0.05) is 17.6 Å². The second-order valence-corrected chi connectivity index (χ2v) is 6.03. The Labute approximate surface area is 116 Å². The Kier molecular flexibility index (Phi) is 3.72. The molecule has 0 saturated heterocycles. The average Bonchev–Trinajstić information content (AvgIpc) is 2.47. The summed E-state index contributed by atoms with van der Waals surface area (Å²) in [7, 11) is 0. The second-order valence-electron chi connectivity index (χ2n) is 6.03. The molecule has 0 bridgehead atoms. The topological polar surface area (TPSA) is 12.0 Å². The van der Waals surface area contributed by atoms with Crippen molar-refractivity contribution in [3.8, 4) is 0 Å². The van der Waals surface area contributed by atoms with Crippen LogP contribution >= 0.6 is 0 Å². The third kappa shape index (κ3) is 2.91. The van der Waals surface area contributed by atoms with Crippen molar-refractivity contribution in [1.29, 1.82) is 0 Å². The van der Waals surface area contributed by atoms with E-state index in [-0.39, 0.29) is 0 Å². The van der Waals surface area contributed by atoms with Crippen molar-refractivity contribution in [3.05, 3.63) is 42.5 Å². The molecule has 19 heavy (non-hydrogen) atoms. The Morgan fingerprint density at radius 1 is 0.947 bits per heavy atom. The van der Waals surface area contributed by atoms with E-state index in [2.05, 4.69) is 54.7 Å². The van der Waals surface area contributed by atoms with Crippen LogP contribution < -0.4 is 5.32 Å². The minimum Gasteiger partial charge on any atom is -0.384 e. The highest BCUT2D eigenvalue weighted by Crippen LogP contribution is 2.29. The van der Waals surface area contributed by atoms with E-state index in [4.69, 9.17) is 0 Å². The molecule has 100 valence electrons. The standard InChI is InChI=1S/C18H23N/c1-14-9-11-15(12-10-14)13-19-18-8-4-6-16-5-2-3-7-17(16)18/h2-8,14-15,19H,9-13H2,1H3. The fraction of sp³-hybridized carbons (Fsp3) is 0.444. The molecule has 0 aliphatic heterocycles. The van der Waals surface area contributed by atoms with Crippen LogP contribution in [0.1, 0.15) is 32.6 Å². The molecule has 1 aliphatic carbocycles. The molecule has 0 spiro atoms. The molecular weight excluding hydrogens is 230 g/mol. The highest BCUT2D eigenvalue weighted by molar-refractivity contribution is 5.93. The van der Waals surface area contributed by atoms with E-state index in [9.17, 15) is 0 Å². The molecule has 1 heteroatoms. The predicted molar refractivity (Wildman–Crippen MR) is 83.6 cm³/mol. The van der Waals surface area contributed by atoms with Crippen molar-refractivity contribution in [2.75, 3.05) is 11.9 Å². The second kappa shape index (κ2) is 5.64. The van der Waals surface area contributed by atoms with E-state index in [1.54, 1.807) is 0 Å². The summed E-state index contributed by atoms with van der Waals surface area (Å²) in [6.07, 6.45) is 5.58. The Hall–Kier alpha value is -1.50. The highest BCUT2D eigenvalue weighted by Gasteiger charge is 2.17. The van der Waals surface area contributed by atoms with Gasteiger partial charge in [0.1, 0.15) is 0 Å². The molecule has 0 radical (unpaired) electrons. The van der Waals surface area contributed by atoms with Gasteiger partial charge in [0.2, 0.25) is 0 Å². The lowest BCUT2D eigenvalue weighted by molar-refractivity contribution is 0.300. The number of rotatable bonds is 3. The van der Waals surface area contributed by atoms with Crippen LogP contribution in [-0.2, 0) is 0 Å². The SMILES string of the molecule is CC1CCC(CNc2cccc3ccccc23)CC1. The van der Waals surface area contributed by atoms with E-state index in [0.29, 0.717) is 0 Å². The number of hydrogen-bond donors (Lipinski definition) is 1. The van der Waals surface area contributed by atoms with Gasteiger partial charge in [0.25, 0.3) is 0 Å².